The van der Waals surface area contributed by atoms with Gasteiger partial charge < -0.3 is 11.1 Å². The van der Waals surface area contributed by atoms with E-state index in [4.69, 9.17) is 5.73 Å². The molecule has 1 aromatic heterocycles. The third kappa shape index (κ3) is 4.46. The highest BCUT2D eigenvalue weighted by atomic mass is 35.5. The van der Waals surface area contributed by atoms with Gasteiger partial charge in [-0.2, -0.15) is 5.10 Å². The Morgan fingerprint density at radius 1 is 1.45 bits per heavy atom. The molecule has 0 aliphatic heterocycles. The van der Waals surface area contributed by atoms with E-state index in [0.29, 0.717) is 5.92 Å². The molecular weight excluding hydrogens is 300 g/mol. The zero-order valence-corrected chi connectivity index (χ0v) is 14.7. The minimum atomic E-state index is -0.469. The molecule has 6 heteroatoms. The van der Waals surface area contributed by atoms with Crippen LogP contribution >= 0.6 is 12.4 Å². The van der Waals surface area contributed by atoms with Crippen molar-refractivity contribution in [3.63, 3.8) is 0 Å². The van der Waals surface area contributed by atoms with Crippen LogP contribution < -0.4 is 11.1 Å². The van der Waals surface area contributed by atoms with Gasteiger partial charge in [0.05, 0.1) is 11.7 Å². The Kier molecular flexibility index (Phi) is 7.36. The molecule has 0 spiro atoms. The van der Waals surface area contributed by atoms with E-state index in [0.717, 1.165) is 17.9 Å². The van der Waals surface area contributed by atoms with E-state index in [9.17, 15) is 4.79 Å². The fourth-order valence-corrected chi connectivity index (χ4v) is 2.93. The Labute approximate surface area is 139 Å². The molecule has 3 N–H and O–H groups in total. The van der Waals surface area contributed by atoms with Gasteiger partial charge in [0.25, 0.3) is 0 Å². The average molecular weight is 329 g/mol. The number of nitrogens with one attached hydrogen (secondary N) is 1. The van der Waals surface area contributed by atoms with Crippen molar-refractivity contribution in [3.05, 3.63) is 11.8 Å². The summed E-state index contributed by atoms with van der Waals surface area (Å²) < 4.78 is 1.76. The van der Waals surface area contributed by atoms with Gasteiger partial charge in [-0.3, -0.25) is 9.48 Å². The number of carbonyl (C=O) groups excluding carboxylic acids is 1. The maximum Gasteiger partial charge on any atom is 0.242 e. The summed E-state index contributed by atoms with van der Waals surface area (Å²) in [5, 5.41) is 7.49. The third-order valence-corrected chi connectivity index (χ3v) is 4.73. The van der Waals surface area contributed by atoms with Crippen molar-refractivity contribution in [1.29, 1.82) is 0 Å². The SMILES string of the molecule is CCC(C)C(N)C(=O)Nc1cc(C2CCCCC2)nn1C.Cl. The Hall–Kier alpha value is -1.07. The molecule has 0 aromatic carbocycles. The van der Waals surface area contributed by atoms with Crippen molar-refractivity contribution in [2.75, 3.05) is 5.32 Å². The summed E-state index contributed by atoms with van der Waals surface area (Å²) in [6.07, 6.45) is 7.20. The number of aryl methyl sites for hydroxylation is 1. The first-order valence-electron chi connectivity index (χ1n) is 8.13. The monoisotopic (exact) mass is 328 g/mol. The molecule has 126 valence electrons. The van der Waals surface area contributed by atoms with Gasteiger partial charge in [0, 0.05) is 19.0 Å². The van der Waals surface area contributed by atoms with Gasteiger partial charge in [0.15, 0.2) is 0 Å². The van der Waals surface area contributed by atoms with Gasteiger partial charge in [-0.1, -0.05) is 39.5 Å². The number of hydrogen-bond acceptors (Lipinski definition) is 3. The van der Waals surface area contributed by atoms with Crippen molar-refractivity contribution >= 4 is 24.1 Å². The number of hydrogen-bond donors (Lipinski definition) is 2. The second kappa shape index (κ2) is 8.53. The standard InChI is InChI=1S/C16H28N4O.ClH/c1-4-11(2)15(17)16(21)18-14-10-13(19-20(14)3)12-8-6-5-7-9-12;/h10-12,15H,4-9,17H2,1-3H3,(H,18,21);1H. The summed E-state index contributed by atoms with van der Waals surface area (Å²) in [6, 6.07) is 1.54. The number of amides is 1. The first-order chi connectivity index (χ1) is 10.0. The summed E-state index contributed by atoms with van der Waals surface area (Å²) in [5.74, 6) is 1.34. The van der Waals surface area contributed by atoms with E-state index in [-0.39, 0.29) is 24.2 Å². The van der Waals surface area contributed by atoms with Crippen LogP contribution in [0.3, 0.4) is 0 Å². The fourth-order valence-electron chi connectivity index (χ4n) is 2.93. The van der Waals surface area contributed by atoms with Crippen molar-refractivity contribution in [2.24, 2.45) is 18.7 Å². The van der Waals surface area contributed by atoms with Crippen LogP contribution in [0.4, 0.5) is 5.82 Å². The Morgan fingerprint density at radius 2 is 2.09 bits per heavy atom. The minimum absolute atomic E-state index is 0. The van der Waals surface area contributed by atoms with E-state index in [1.807, 2.05) is 27.0 Å². The van der Waals surface area contributed by atoms with Gasteiger partial charge in [0.1, 0.15) is 5.82 Å². The summed E-state index contributed by atoms with van der Waals surface area (Å²) in [5.41, 5.74) is 7.08. The lowest BCUT2D eigenvalue weighted by molar-refractivity contribution is -0.118. The second-order valence-electron chi connectivity index (χ2n) is 6.31. The number of anilines is 1. The minimum Gasteiger partial charge on any atom is -0.320 e. The summed E-state index contributed by atoms with van der Waals surface area (Å²) >= 11 is 0. The van der Waals surface area contributed by atoms with Crippen LogP contribution in [0.25, 0.3) is 0 Å². The highest BCUT2D eigenvalue weighted by Crippen LogP contribution is 2.32. The van der Waals surface area contributed by atoms with Crippen LogP contribution in [0.1, 0.15) is 64.0 Å². The Bertz CT molecular complexity index is 482. The van der Waals surface area contributed by atoms with E-state index in [1.54, 1.807) is 4.68 Å². The van der Waals surface area contributed by atoms with Crippen molar-refractivity contribution in [1.82, 2.24) is 9.78 Å². The summed E-state index contributed by atoms with van der Waals surface area (Å²) in [6.45, 7) is 4.05. The van der Waals surface area contributed by atoms with Gasteiger partial charge in [-0.25, -0.2) is 0 Å². The predicted molar refractivity (Wildman–Crippen MR) is 92.3 cm³/mol. The molecule has 2 atom stereocenters. The van der Waals surface area contributed by atoms with Crippen LogP contribution in [0, 0.1) is 5.92 Å². The van der Waals surface area contributed by atoms with Crippen LogP contribution in [0.2, 0.25) is 0 Å². The molecule has 2 unspecified atom stereocenters. The summed E-state index contributed by atoms with van der Waals surface area (Å²) in [4.78, 5) is 12.2. The highest BCUT2D eigenvalue weighted by Gasteiger charge is 2.23. The maximum atomic E-state index is 12.2. The molecule has 1 saturated carbocycles. The highest BCUT2D eigenvalue weighted by molar-refractivity contribution is 5.94. The molecule has 22 heavy (non-hydrogen) atoms. The zero-order valence-electron chi connectivity index (χ0n) is 13.8. The third-order valence-electron chi connectivity index (χ3n) is 4.73. The number of halogens is 1. The smallest absolute Gasteiger partial charge is 0.242 e. The Morgan fingerprint density at radius 3 is 2.68 bits per heavy atom. The number of aromatic nitrogens is 2. The molecule has 1 aromatic rings. The topological polar surface area (TPSA) is 72.9 Å². The lowest BCUT2D eigenvalue weighted by atomic mass is 9.87. The number of rotatable bonds is 5. The number of carbonyl (C=O) groups is 1. The van der Waals surface area contributed by atoms with E-state index >= 15 is 0 Å². The molecule has 1 aliphatic carbocycles. The van der Waals surface area contributed by atoms with Crippen LogP contribution in [0.5, 0.6) is 0 Å². The molecule has 1 amide bonds. The van der Waals surface area contributed by atoms with E-state index < -0.39 is 6.04 Å². The fraction of sp³-hybridized carbons (Fsp3) is 0.750. The molecule has 1 heterocycles. The second-order valence-corrected chi connectivity index (χ2v) is 6.31. The Balaban J connectivity index is 0.00000242. The maximum absolute atomic E-state index is 12.2. The zero-order chi connectivity index (χ0) is 15.4. The first kappa shape index (κ1) is 19.0. The number of nitrogens with two attached hydrogens (primary N) is 1. The molecule has 0 bridgehead atoms. The van der Waals surface area contributed by atoms with Gasteiger partial charge >= 0.3 is 0 Å². The quantitative estimate of drug-likeness (QED) is 0.871. The van der Waals surface area contributed by atoms with Crippen molar-refractivity contribution < 1.29 is 4.79 Å². The predicted octanol–water partition coefficient (Wildman–Crippen LogP) is 3.20. The largest absolute Gasteiger partial charge is 0.320 e. The average Bonchev–Trinajstić information content (AvgIpc) is 2.87. The van der Waals surface area contributed by atoms with Crippen LogP contribution in [-0.2, 0) is 11.8 Å². The van der Waals surface area contributed by atoms with Gasteiger partial charge in [-0.15, -0.1) is 12.4 Å². The van der Waals surface area contributed by atoms with E-state index in [2.05, 4.69) is 10.4 Å². The van der Waals surface area contributed by atoms with Crippen molar-refractivity contribution in [2.45, 2.75) is 64.3 Å². The molecule has 1 aliphatic rings. The molecule has 0 saturated heterocycles. The molecule has 5 nitrogen and oxygen atoms in total. The lowest BCUT2D eigenvalue weighted by Crippen LogP contribution is -2.40. The first-order valence-corrected chi connectivity index (χ1v) is 8.13. The van der Waals surface area contributed by atoms with Crippen LogP contribution in [-0.4, -0.2) is 21.7 Å². The lowest BCUT2D eigenvalue weighted by Gasteiger charge is -2.19. The molecular formula is C16H29ClN4O. The molecule has 2 rings (SSSR count). The molecule has 0 radical (unpaired) electrons. The van der Waals surface area contributed by atoms with Crippen molar-refractivity contribution in [3.8, 4) is 0 Å². The van der Waals surface area contributed by atoms with Crippen LogP contribution in [0.15, 0.2) is 6.07 Å². The summed E-state index contributed by atoms with van der Waals surface area (Å²) in [7, 11) is 1.87. The van der Waals surface area contributed by atoms with Gasteiger partial charge in [0.2, 0.25) is 5.91 Å². The van der Waals surface area contributed by atoms with Gasteiger partial charge in [-0.05, 0) is 18.8 Å². The normalized spacial score (nSPS) is 18.4. The van der Waals surface area contributed by atoms with E-state index in [1.165, 1.54) is 32.1 Å². The number of nitrogens with zero attached hydrogens (tertiary/aromatic N) is 2. The molecule has 1 fully saturated rings.